The van der Waals surface area contributed by atoms with Crippen molar-refractivity contribution in [2.45, 2.75) is 63.6 Å². The molecule has 8 aromatic rings. The Hall–Kier alpha value is -9.05. The Morgan fingerprint density at radius 1 is 0.549 bits per heavy atom. The maximum absolute atomic E-state index is 13.6. The minimum absolute atomic E-state index is 0.101. The fraction of sp³-hybridized carbons (Fsp3) is 0.324. The summed E-state index contributed by atoms with van der Waals surface area (Å²) in [5.41, 5.74) is 4.12. The number of β-amino-alcohol motifs (C(OH)–C–C–N with tert-alkyl or cyclic N) is 2. The van der Waals surface area contributed by atoms with E-state index in [-0.39, 0.29) is 47.7 Å². The molecular formula is C68H73F2N8O12P. The Kier molecular flexibility index (Phi) is 20.6. The molecule has 0 spiro atoms. The van der Waals surface area contributed by atoms with E-state index in [0.29, 0.717) is 119 Å². The molecule has 476 valence electrons. The summed E-state index contributed by atoms with van der Waals surface area (Å²) in [5, 5.41) is 21.6. The van der Waals surface area contributed by atoms with Crippen molar-refractivity contribution in [1.82, 2.24) is 29.3 Å². The monoisotopic (exact) mass is 1260 g/mol. The van der Waals surface area contributed by atoms with Gasteiger partial charge in [-0.05, 0) is 135 Å². The number of ether oxygens (including phenoxy) is 2. The number of likely N-dealkylation sites (tertiary alicyclic amines) is 4. The van der Waals surface area contributed by atoms with Gasteiger partial charge in [0, 0.05) is 104 Å². The van der Waals surface area contributed by atoms with E-state index >= 15 is 0 Å². The minimum Gasteiger partial charge on any atom is -0.496 e. The van der Waals surface area contributed by atoms with Gasteiger partial charge in [-0.1, -0.05) is 60.7 Å². The molecule has 2 aromatic heterocycles. The molecule has 0 saturated carbocycles. The number of aliphatic hydroxyl groups is 2. The van der Waals surface area contributed by atoms with Crippen LogP contribution < -0.4 is 31.8 Å². The van der Waals surface area contributed by atoms with E-state index in [1.165, 1.54) is 65.4 Å². The number of hydrogen-bond acceptors (Lipinski definition) is 14. The molecule has 0 aliphatic carbocycles. The number of aliphatic hydroxyl groups excluding tert-OH is 2. The molecule has 4 fully saturated rings. The molecule has 0 bridgehead atoms. The number of nitrogen functional groups attached to an aromatic ring is 1. The van der Waals surface area contributed by atoms with Gasteiger partial charge in [0.05, 0.1) is 54.2 Å². The second-order valence-corrected chi connectivity index (χ2v) is 25.7. The summed E-state index contributed by atoms with van der Waals surface area (Å²) in [6.45, 7) is 3.18. The molecule has 4 aliphatic heterocycles. The molecule has 0 radical (unpaired) electrons. The van der Waals surface area contributed by atoms with Crippen LogP contribution in [0.5, 0.6) is 11.5 Å². The van der Waals surface area contributed by atoms with Crippen molar-refractivity contribution in [2.24, 2.45) is 17.7 Å². The number of nitrogens with one attached hydrogen (secondary N) is 1. The first kappa shape index (κ1) is 64.9. The number of amides is 4. The highest BCUT2D eigenvalue weighted by Gasteiger charge is 2.35. The topological polar surface area (TPSA) is 273 Å². The number of nitrogens with two attached hydrogens (primary N) is 2. The van der Waals surface area contributed by atoms with Crippen molar-refractivity contribution in [2.75, 3.05) is 72.4 Å². The van der Waals surface area contributed by atoms with Crippen LogP contribution in [0.2, 0.25) is 0 Å². The lowest BCUT2D eigenvalue weighted by atomic mass is 9.90. The Morgan fingerprint density at radius 3 is 1.38 bits per heavy atom. The van der Waals surface area contributed by atoms with E-state index in [0.717, 1.165) is 49.7 Å². The molecule has 6 aromatic carbocycles. The molecular weight excluding hydrogens is 1190 g/mol. The summed E-state index contributed by atoms with van der Waals surface area (Å²) in [7, 11) is -0.174. The molecule has 4 saturated heterocycles. The number of fused-ring (bicyclic) bond motifs is 2. The molecule has 7 N–H and O–H groups in total. The number of methoxy groups -OCH3 is 2. The van der Waals surface area contributed by atoms with Crippen LogP contribution in [-0.4, -0.2) is 153 Å². The van der Waals surface area contributed by atoms with Crippen LogP contribution in [0.25, 0.3) is 21.8 Å². The van der Waals surface area contributed by atoms with Crippen molar-refractivity contribution in [3.8, 4) is 11.5 Å². The second-order valence-electron chi connectivity index (χ2n) is 23.3. The lowest BCUT2D eigenvalue weighted by Crippen LogP contribution is -2.39. The van der Waals surface area contributed by atoms with E-state index in [9.17, 15) is 52.3 Å². The third kappa shape index (κ3) is 14.8. The van der Waals surface area contributed by atoms with Crippen LogP contribution in [0.3, 0.4) is 0 Å². The Balaban J connectivity index is 0.000000162. The molecule has 0 unspecified atom stereocenters. The van der Waals surface area contributed by atoms with Crippen molar-refractivity contribution >= 4 is 75.0 Å². The van der Waals surface area contributed by atoms with Gasteiger partial charge >= 0.3 is 0 Å². The molecule has 2 atom stereocenters. The summed E-state index contributed by atoms with van der Waals surface area (Å²) in [4.78, 5) is 88.0. The molecule has 6 heterocycles. The van der Waals surface area contributed by atoms with Crippen LogP contribution in [0, 0.1) is 23.5 Å². The summed E-state index contributed by atoms with van der Waals surface area (Å²) < 4.78 is 56.1. The second kappa shape index (κ2) is 28.8. The van der Waals surface area contributed by atoms with E-state index < -0.39 is 43.0 Å². The maximum atomic E-state index is 13.6. The van der Waals surface area contributed by atoms with Gasteiger partial charge in [-0.25, -0.2) is 19.3 Å². The Morgan fingerprint density at radius 2 is 0.967 bits per heavy atom. The van der Waals surface area contributed by atoms with Gasteiger partial charge in [0.2, 0.25) is 0 Å². The predicted molar refractivity (Wildman–Crippen MR) is 339 cm³/mol. The van der Waals surface area contributed by atoms with Crippen LogP contribution in [0.4, 0.5) is 8.78 Å². The normalized spacial score (nSPS) is 17.1. The maximum Gasteiger partial charge on any atom is 0.295 e. The predicted octanol–water partition coefficient (Wildman–Crippen LogP) is 7.37. The van der Waals surface area contributed by atoms with Crippen LogP contribution in [0.15, 0.2) is 146 Å². The summed E-state index contributed by atoms with van der Waals surface area (Å²) >= 11 is 0. The van der Waals surface area contributed by atoms with Crippen LogP contribution in [-0.2, 0) is 31.6 Å². The Labute approximate surface area is 524 Å². The SMILES string of the molecule is COc1cc2[nH]cc(C(=O)C(=O)N3CC[C@@H](O)C3)c2cc1C(=O)N1CCC(Cc2ccc(F)cc2)CC1.COc1cc2c(cc1C(=O)N1CCC(Cc3ccc(F)cc3)CC1)c(C(=O)C(=O)N1CC[C@@H](O)C1)cn2N.NOP(=O)(c1ccccc1)c1ccccc1. The number of carbonyl (C=O) groups is 6. The highest BCUT2D eigenvalue weighted by molar-refractivity contribution is 7.74. The van der Waals surface area contributed by atoms with Gasteiger partial charge < -0.3 is 50.1 Å². The number of H-pyrrole nitrogens is 1. The standard InChI is InChI=1S/C28H31FN4O5.C28H30FN3O5.C12H12NO2P/c1-38-25-14-24-21(23(16-33(24)30)26(35)28(37)32-11-8-20(34)15-32)13-22(25)27(36)31-9-6-18(7-10-31)12-17-2-4-19(29)5-3-17;1-37-25-14-24-21(23(15-30-24)26(34)28(36)32-11-8-20(33)16-32)13-22(25)27(35)31-9-6-18(7-10-31)12-17-2-4-19(29)5-3-17;13-15-16(14,11-7-3-1-4-8-11)12-9-5-2-6-10-12/h2-5,13-14,16,18,20,34H,6-12,15,30H2,1H3;2-5,13-15,18,20,30,33H,6-12,16H2,1H3;1-10H,13H2/t2*20-;/m11./s1. The molecule has 23 heteroatoms. The van der Waals surface area contributed by atoms with Gasteiger partial charge in [-0.15, -0.1) is 0 Å². The first-order valence-electron chi connectivity index (χ1n) is 30.2. The zero-order valence-corrected chi connectivity index (χ0v) is 51.4. The van der Waals surface area contributed by atoms with E-state index in [2.05, 4.69) is 4.98 Å². The zero-order chi connectivity index (χ0) is 64.5. The van der Waals surface area contributed by atoms with Gasteiger partial charge in [-0.2, -0.15) is 0 Å². The van der Waals surface area contributed by atoms with Crippen molar-refractivity contribution in [3.63, 3.8) is 0 Å². The van der Waals surface area contributed by atoms with Gasteiger partial charge in [0.25, 0.3) is 42.6 Å². The lowest BCUT2D eigenvalue weighted by Gasteiger charge is -2.32. The number of aromatic nitrogens is 2. The lowest BCUT2D eigenvalue weighted by molar-refractivity contribution is -0.126. The van der Waals surface area contributed by atoms with Crippen molar-refractivity contribution < 1.29 is 66.4 Å². The highest BCUT2D eigenvalue weighted by atomic mass is 31.2. The largest absolute Gasteiger partial charge is 0.496 e. The van der Waals surface area contributed by atoms with Gasteiger partial charge in [-0.3, -0.25) is 38.0 Å². The molecule has 12 rings (SSSR count). The van der Waals surface area contributed by atoms with E-state index in [1.54, 1.807) is 82.6 Å². The minimum atomic E-state index is -3.13. The molecule has 91 heavy (non-hydrogen) atoms. The number of halogens is 2. The van der Waals surface area contributed by atoms with Gasteiger partial charge in [0.1, 0.15) is 23.1 Å². The molecule has 4 aliphatic rings. The van der Waals surface area contributed by atoms with Crippen LogP contribution in [0.1, 0.15) is 91.1 Å². The number of benzene rings is 6. The first-order chi connectivity index (χ1) is 43.8. The summed E-state index contributed by atoms with van der Waals surface area (Å²) in [6, 6.07) is 37.5. The van der Waals surface area contributed by atoms with Gasteiger partial charge in [0.15, 0.2) is 0 Å². The molecule has 20 nitrogen and oxygen atoms in total. The number of nitrogens with zero attached hydrogens (tertiary/aromatic N) is 5. The number of piperidine rings is 2. The summed E-state index contributed by atoms with van der Waals surface area (Å²) in [6.07, 6.45) is 7.43. The summed E-state index contributed by atoms with van der Waals surface area (Å²) in [5.74, 6) is 9.12. The number of rotatable bonds is 15. The fourth-order valence-electron chi connectivity index (χ4n) is 12.3. The fourth-order valence-corrected chi connectivity index (χ4v) is 14.0. The van der Waals surface area contributed by atoms with E-state index in [1.807, 2.05) is 36.4 Å². The third-order valence-electron chi connectivity index (χ3n) is 17.4. The van der Waals surface area contributed by atoms with Crippen molar-refractivity contribution in [3.05, 3.63) is 191 Å². The van der Waals surface area contributed by atoms with Crippen molar-refractivity contribution in [1.29, 1.82) is 0 Å². The van der Waals surface area contributed by atoms with E-state index in [4.69, 9.17) is 25.8 Å². The van der Waals surface area contributed by atoms with Crippen LogP contribution >= 0.6 is 7.37 Å². The average molecular weight is 1260 g/mol. The smallest absolute Gasteiger partial charge is 0.295 e. The number of carbonyl (C=O) groups excluding carboxylic acids is 6. The number of hydrogen-bond donors (Lipinski definition) is 5. The number of aromatic amines is 1. The average Bonchev–Trinajstić information content (AvgIpc) is 1.73. The quantitative estimate of drug-likeness (QED) is 0.0221. The first-order valence-corrected chi connectivity index (χ1v) is 31.9. The molecule has 4 amide bonds. The number of Topliss-reactive ketones (excluding diaryl/α,β-unsaturated/α-hetero) is 2. The third-order valence-corrected chi connectivity index (χ3v) is 19.7. The highest BCUT2D eigenvalue weighted by Crippen LogP contribution is 2.42. The Bertz CT molecular complexity index is 3940. The number of ketones is 2. The zero-order valence-electron chi connectivity index (χ0n) is 50.6.